The first-order valence-electron chi connectivity index (χ1n) is 5.15. The van der Waals surface area contributed by atoms with E-state index in [0.717, 1.165) is 9.88 Å². The summed E-state index contributed by atoms with van der Waals surface area (Å²) in [5.74, 6) is -1.08. The summed E-state index contributed by atoms with van der Waals surface area (Å²) >= 11 is 2.95. The second-order valence-corrected chi connectivity index (χ2v) is 5.77. The van der Waals surface area contributed by atoms with Crippen molar-refractivity contribution in [2.45, 2.75) is 19.5 Å². The number of nitrogens with two attached hydrogens (primary N) is 1. The first kappa shape index (κ1) is 12.9. The fourth-order valence-electron chi connectivity index (χ4n) is 1.29. The molecule has 0 saturated heterocycles. The van der Waals surface area contributed by atoms with E-state index in [-0.39, 0.29) is 0 Å². The van der Waals surface area contributed by atoms with Gasteiger partial charge in [0.15, 0.2) is 5.13 Å². The Morgan fingerprint density at radius 2 is 2.44 bits per heavy atom. The SMILES string of the molecule is Cc1ncc(CNc2nc(C(N)C(=O)O)cs2)s1. The number of nitrogens with zero attached hydrogens (tertiary/aromatic N) is 2. The minimum atomic E-state index is -1.08. The standard InChI is InChI=1S/C10H12N4O2S2/c1-5-12-2-6(18-5)3-13-10-14-7(4-17-10)8(11)9(15)16/h2,4,8H,3,11H2,1H3,(H,13,14)(H,15,16). The molecule has 96 valence electrons. The van der Waals surface area contributed by atoms with Gasteiger partial charge in [-0.15, -0.1) is 22.7 Å². The lowest BCUT2D eigenvalue weighted by atomic mass is 10.2. The van der Waals surface area contributed by atoms with Gasteiger partial charge in [-0.1, -0.05) is 0 Å². The van der Waals surface area contributed by atoms with Gasteiger partial charge in [0.05, 0.1) is 17.2 Å². The molecular formula is C10H12N4O2S2. The summed E-state index contributed by atoms with van der Waals surface area (Å²) in [6.07, 6.45) is 1.81. The van der Waals surface area contributed by atoms with Crippen LogP contribution in [0.5, 0.6) is 0 Å². The van der Waals surface area contributed by atoms with Crippen LogP contribution in [0, 0.1) is 6.92 Å². The van der Waals surface area contributed by atoms with Crippen LogP contribution in [0.4, 0.5) is 5.13 Å². The third-order valence-electron chi connectivity index (χ3n) is 2.19. The van der Waals surface area contributed by atoms with Gasteiger partial charge in [-0.3, -0.25) is 4.79 Å². The Bertz CT molecular complexity index is 552. The van der Waals surface area contributed by atoms with E-state index in [2.05, 4.69) is 15.3 Å². The van der Waals surface area contributed by atoms with Gasteiger partial charge in [-0.2, -0.15) is 0 Å². The number of aryl methyl sites for hydroxylation is 1. The predicted octanol–water partition coefficient (Wildman–Crippen LogP) is 1.60. The number of hydrogen-bond donors (Lipinski definition) is 3. The van der Waals surface area contributed by atoms with E-state index in [1.54, 1.807) is 16.7 Å². The lowest BCUT2D eigenvalue weighted by Crippen LogP contribution is -2.20. The normalized spacial score (nSPS) is 12.3. The Balaban J connectivity index is 1.96. The number of rotatable bonds is 5. The van der Waals surface area contributed by atoms with E-state index < -0.39 is 12.0 Å². The number of anilines is 1. The summed E-state index contributed by atoms with van der Waals surface area (Å²) in [6, 6.07) is -1.07. The van der Waals surface area contributed by atoms with Gasteiger partial charge in [0.2, 0.25) is 0 Å². The fourth-order valence-corrected chi connectivity index (χ4v) is 2.77. The number of nitrogens with one attached hydrogen (secondary N) is 1. The Morgan fingerprint density at radius 3 is 3.06 bits per heavy atom. The van der Waals surface area contributed by atoms with Gasteiger partial charge < -0.3 is 16.2 Å². The second kappa shape index (κ2) is 5.42. The molecule has 2 heterocycles. The molecule has 0 aromatic carbocycles. The molecule has 1 unspecified atom stereocenters. The maximum absolute atomic E-state index is 10.7. The van der Waals surface area contributed by atoms with Crippen LogP contribution in [0.25, 0.3) is 0 Å². The molecule has 1 atom stereocenters. The fraction of sp³-hybridized carbons (Fsp3) is 0.300. The molecule has 18 heavy (non-hydrogen) atoms. The lowest BCUT2D eigenvalue weighted by Gasteiger charge is -2.01. The van der Waals surface area contributed by atoms with Crippen LogP contribution >= 0.6 is 22.7 Å². The number of aliphatic carboxylic acids is 1. The molecule has 0 saturated carbocycles. The maximum atomic E-state index is 10.7. The quantitative estimate of drug-likeness (QED) is 0.771. The molecule has 2 aromatic heterocycles. The molecule has 2 rings (SSSR count). The average molecular weight is 284 g/mol. The molecule has 0 aliphatic rings. The summed E-state index contributed by atoms with van der Waals surface area (Å²) in [6.45, 7) is 2.57. The number of carboxylic acids is 1. The van der Waals surface area contributed by atoms with E-state index in [9.17, 15) is 4.79 Å². The Kier molecular flexibility index (Phi) is 3.90. The van der Waals surface area contributed by atoms with Crippen molar-refractivity contribution in [2.75, 3.05) is 5.32 Å². The minimum Gasteiger partial charge on any atom is -0.480 e. The van der Waals surface area contributed by atoms with Crippen molar-refractivity contribution in [1.29, 1.82) is 0 Å². The van der Waals surface area contributed by atoms with Crippen LogP contribution in [0.3, 0.4) is 0 Å². The van der Waals surface area contributed by atoms with E-state index in [1.165, 1.54) is 11.3 Å². The monoisotopic (exact) mass is 284 g/mol. The predicted molar refractivity (Wildman–Crippen MR) is 70.9 cm³/mol. The van der Waals surface area contributed by atoms with Crippen LogP contribution in [0.2, 0.25) is 0 Å². The molecule has 0 amide bonds. The minimum absolute atomic E-state index is 0.371. The topological polar surface area (TPSA) is 101 Å². The zero-order valence-corrected chi connectivity index (χ0v) is 11.2. The zero-order chi connectivity index (χ0) is 13.1. The van der Waals surface area contributed by atoms with Crippen molar-refractivity contribution >= 4 is 33.8 Å². The number of thiazole rings is 2. The van der Waals surface area contributed by atoms with Crippen molar-refractivity contribution in [3.63, 3.8) is 0 Å². The zero-order valence-electron chi connectivity index (χ0n) is 9.58. The number of hydrogen-bond acceptors (Lipinski definition) is 7. The van der Waals surface area contributed by atoms with Gasteiger partial charge in [0.25, 0.3) is 0 Å². The molecule has 6 nitrogen and oxygen atoms in total. The van der Waals surface area contributed by atoms with Crippen molar-refractivity contribution < 1.29 is 9.90 Å². The lowest BCUT2D eigenvalue weighted by molar-refractivity contribution is -0.138. The summed E-state index contributed by atoms with van der Waals surface area (Å²) in [7, 11) is 0. The summed E-state index contributed by atoms with van der Waals surface area (Å²) in [4.78, 5) is 20.1. The molecule has 2 aromatic rings. The van der Waals surface area contributed by atoms with Crippen LogP contribution < -0.4 is 11.1 Å². The Hall–Kier alpha value is -1.51. The van der Waals surface area contributed by atoms with Crippen LogP contribution in [-0.2, 0) is 11.3 Å². The first-order chi connectivity index (χ1) is 8.56. The van der Waals surface area contributed by atoms with Gasteiger partial charge >= 0.3 is 5.97 Å². The molecule has 4 N–H and O–H groups in total. The van der Waals surface area contributed by atoms with Crippen molar-refractivity contribution in [1.82, 2.24) is 9.97 Å². The number of aromatic nitrogens is 2. The molecule has 0 radical (unpaired) electrons. The van der Waals surface area contributed by atoms with Crippen LogP contribution in [-0.4, -0.2) is 21.0 Å². The van der Waals surface area contributed by atoms with Crippen molar-refractivity contribution in [2.24, 2.45) is 5.73 Å². The van der Waals surface area contributed by atoms with Gasteiger partial charge in [0, 0.05) is 16.5 Å². The Labute approximate surface area is 112 Å². The highest BCUT2D eigenvalue weighted by Crippen LogP contribution is 2.21. The summed E-state index contributed by atoms with van der Waals surface area (Å²) in [5.41, 5.74) is 5.84. The highest BCUT2D eigenvalue weighted by atomic mass is 32.1. The largest absolute Gasteiger partial charge is 0.480 e. The summed E-state index contributed by atoms with van der Waals surface area (Å²) < 4.78 is 0. The average Bonchev–Trinajstić information content (AvgIpc) is 2.94. The molecule has 0 bridgehead atoms. The first-order valence-corrected chi connectivity index (χ1v) is 6.85. The van der Waals surface area contributed by atoms with E-state index >= 15 is 0 Å². The highest BCUT2D eigenvalue weighted by Gasteiger charge is 2.17. The van der Waals surface area contributed by atoms with Gasteiger partial charge in [-0.25, -0.2) is 9.97 Å². The van der Waals surface area contributed by atoms with Crippen molar-refractivity contribution in [3.05, 3.63) is 27.2 Å². The molecular weight excluding hydrogens is 272 g/mol. The van der Waals surface area contributed by atoms with Crippen molar-refractivity contribution in [3.8, 4) is 0 Å². The number of carbonyl (C=O) groups is 1. The summed E-state index contributed by atoms with van der Waals surface area (Å²) in [5, 5.41) is 15.2. The second-order valence-electron chi connectivity index (χ2n) is 3.59. The Morgan fingerprint density at radius 1 is 1.67 bits per heavy atom. The molecule has 0 aliphatic heterocycles. The molecule has 0 fully saturated rings. The van der Waals surface area contributed by atoms with Gasteiger partial charge in [-0.05, 0) is 6.92 Å². The third-order valence-corrected chi connectivity index (χ3v) is 3.92. The van der Waals surface area contributed by atoms with E-state index in [4.69, 9.17) is 10.8 Å². The van der Waals surface area contributed by atoms with E-state index in [0.29, 0.717) is 17.4 Å². The molecule has 0 aliphatic carbocycles. The van der Waals surface area contributed by atoms with Crippen LogP contribution in [0.15, 0.2) is 11.6 Å². The third kappa shape index (κ3) is 3.03. The smallest absolute Gasteiger partial charge is 0.326 e. The van der Waals surface area contributed by atoms with Gasteiger partial charge in [0.1, 0.15) is 6.04 Å². The van der Waals surface area contributed by atoms with E-state index in [1.807, 2.05) is 13.1 Å². The molecule has 8 heteroatoms. The van der Waals surface area contributed by atoms with Crippen LogP contribution in [0.1, 0.15) is 21.6 Å². The maximum Gasteiger partial charge on any atom is 0.326 e. The number of carboxylic acid groups (broad SMARTS) is 1. The highest BCUT2D eigenvalue weighted by molar-refractivity contribution is 7.13. The molecule has 0 spiro atoms.